The first-order chi connectivity index (χ1) is 11.1. The van der Waals surface area contributed by atoms with Crippen molar-refractivity contribution in [1.29, 1.82) is 0 Å². The third kappa shape index (κ3) is 4.03. The largest absolute Gasteiger partial charge is 0.352 e. The van der Waals surface area contributed by atoms with Crippen molar-refractivity contribution in [3.05, 3.63) is 64.3 Å². The molecule has 118 valence electrons. The summed E-state index contributed by atoms with van der Waals surface area (Å²) in [6.07, 6.45) is 2.12. The normalized spacial score (nSPS) is 10.9. The minimum absolute atomic E-state index is 0.0161. The SMILES string of the molecule is O=C(CCn1ncc2cc(Cl)ccc21)NCc1ccc(Cl)cc1. The van der Waals surface area contributed by atoms with Crippen LogP contribution in [0.2, 0.25) is 10.0 Å². The van der Waals surface area contributed by atoms with Gasteiger partial charge in [0.25, 0.3) is 0 Å². The van der Waals surface area contributed by atoms with Gasteiger partial charge in [0.1, 0.15) is 0 Å². The highest BCUT2D eigenvalue weighted by Crippen LogP contribution is 2.19. The van der Waals surface area contributed by atoms with Crippen molar-refractivity contribution in [3.8, 4) is 0 Å². The van der Waals surface area contributed by atoms with E-state index in [1.165, 1.54) is 0 Å². The van der Waals surface area contributed by atoms with Crippen LogP contribution in [0.15, 0.2) is 48.7 Å². The lowest BCUT2D eigenvalue weighted by Gasteiger charge is -2.06. The van der Waals surface area contributed by atoms with Crippen LogP contribution in [0.1, 0.15) is 12.0 Å². The number of hydrogen-bond donors (Lipinski definition) is 1. The molecule has 4 nitrogen and oxygen atoms in total. The summed E-state index contributed by atoms with van der Waals surface area (Å²) in [6.45, 7) is 1.02. The van der Waals surface area contributed by atoms with E-state index >= 15 is 0 Å². The van der Waals surface area contributed by atoms with E-state index in [9.17, 15) is 4.79 Å². The Morgan fingerprint density at radius 3 is 2.61 bits per heavy atom. The summed E-state index contributed by atoms with van der Waals surface area (Å²) in [4.78, 5) is 12.0. The van der Waals surface area contributed by atoms with Crippen molar-refractivity contribution >= 4 is 40.0 Å². The molecule has 6 heteroatoms. The lowest BCUT2D eigenvalue weighted by Crippen LogP contribution is -2.24. The molecule has 0 bridgehead atoms. The van der Waals surface area contributed by atoms with Crippen LogP contribution in [0.4, 0.5) is 0 Å². The molecule has 0 saturated carbocycles. The van der Waals surface area contributed by atoms with Gasteiger partial charge in [0.15, 0.2) is 0 Å². The monoisotopic (exact) mass is 347 g/mol. The van der Waals surface area contributed by atoms with Crippen LogP contribution in [0.25, 0.3) is 10.9 Å². The molecule has 1 aromatic heterocycles. The molecule has 0 aliphatic heterocycles. The zero-order valence-electron chi connectivity index (χ0n) is 12.3. The fourth-order valence-corrected chi connectivity index (χ4v) is 2.64. The molecule has 2 aromatic carbocycles. The van der Waals surface area contributed by atoms with Gasteiger partial charge in [0.05, 0.1) is 18.3 Å². The maximum absolute atomic E-state index is 12.0. The maximum atomic E-state index is 12.0. The van der Waals surface area contributed by atoms with E-state index in [1.807, 2.05) is 47.1 Å². The molecule has 0 aliphatic rings. The van der Waals surface area contributed by atoms with E-state index in [2.05, 4.69) is 10.4 Å². The first-order valence-electron chi connectivity index (χ1n) is 7.24. The van der Waals surface area contributed by atoms with Gasteiger partial charge >= 0.3 is 0 Å². The van der Waals surface area contributed by atoms with Gasteiger partial charge in [-0.05, 0) is 35.9 Å². The molecule has 23 heavy (non-hydrogen) atoms. The number of carbonyl (C=O) groups is 1. The minimum atomic E-state index is -0.0161. The summed E-state index contributed by atoms with van der Waals surface area (Å²) in [6, 6.07) is 13.0. The zero-order valence-corrected chi connectivity index (χ0v) is 13.8. The number of carbonyl (C=O) groups excluding carboxylic acids is 1. The quantitative estimate of drug-likeness (QED) is 0.756. The lowest BCUT2D eigenvalue weighted by molar-refractivity contribution is -0.121. The Labute approximate surface area is 144 Å². The third-order valence-corrected chi connectivity index (χ3v) is 4.04. The van der Waals surface area contributed by atoms with Gasteiger partial charge in [0, 0.05) is 28.4 Å². The molecule has 0 saturated heterocycles. The number of rotatable bonds is 5. The number of halogens is 2. The Bertz CT molecular complexity index is 827. The van der Waals surface area contributed by atoms with Crippen molar-refractivity contribution in [3.63, 3.8) is 0 Å². The predicted octanol–water partition coefficient (Wildman–Crippen LogP) is 4.05. The van der Waals surface area contributed by atoms with Crippen molar-refractivity contribution in [2.24, 2.45) is 0 Å². The maximum Gasteiger partial charge on any atom is 0.222 e. The van der Waals surface area contributed by atoms with Crippen LogP contribution in [-0.4, -0.2) is 15.7 Å². The number of nitrogens with zero attached hydrogens (tertiary/aromatic N) is 2. The van der Waals surface area contributed by atoms with Gasteiger partial charge in [-0.25, -0.2) is 0 Å². The highest BCUT2D eigenvalue weighted by molar-refractivity contribution is 6.31. The number of nitrogens with one attached hydrogen (secondary N) is 1. The minimum Gasteiger partial charge on any atom is -0.352 e. The molecule has 1 amide bonds. The number of aryl methyl sites for hydroxylation is 1. The first-order valence-corrected chi connectivity index (χ1v) is 7.99. The van der Waals surface area contributed by atoms with Gasteiger partial charge in [-0.15, -0.1) is 0 Å². The van der Waals surface area contributed by atoms with E-state index in [-0.39, 0.29) is 5.91 Å². The van der Waals surface area contributed by atoms with Crippen LogP contribution in [-0.2, 0) is 17.9 Å². The summed E-state index contributed by atoms with van der Waals surface area (Å²) >= 11 is 11.8. The van der Waals surface area contributed by atoms with Crippen LogP contribution >= 0.6 is 23.2 Å². The van der Waals surface area contributed by atoms with E-state index in [0.29, 0.717) is 29.6 Å². The van der Waals surface area contributed by atoms with Crippen LogP contribution in [0.5, 0.6) is 0 Å². The number of benzene rings is 2. The Balaban J connectivity index is 1.54. The molecule has 1 heterocycles. The average Bonchev–Trinajstić information content (AvgIpc) is 2.94. The second-order valence-corrected chi connectivity index (χ2v) is 6.10. The fourth-order valence-electron chi connectivity index (χ4n) is 2.33. The van der Waals surface area contributed by atoms with Crippen molar-refractivity contribution in [2.75, 3.05) is 0 Å². The molecule has 3 aromatic rings. The molecule has 0 radical (unpaired) electrons. The van der Waals surface area contributed by atoms with Gasteiger partial charge < -0.3 is 5.32 Å². The molecule has 3 rings (SSSR count). The molecule has 0 unspecified atom stereocenters. The van der Waals surface area contributed by atoms with E-state index in [1.54, 1.807) is 6.20 Å². The first kappa shape index (κ1) is 15.8. The topological polar surface area (TPSA) is 46.9 Å². The molecular formula is C17H15Cl2N3O. The Morgan fingerprint density at radius 1 is 1.09 bits per heavy atom. The highest BCUT2D eigenvalue weighted by Gasteiger charge is 2.06. The average molecular weight is 348 g/mol. The van der Waals surface area contributed by atoms with Crippen molar-refractivity contribution in [2.45, 2.75) is 19.5 Å². The Kier molecular flexibility index (Phi) is 4.84. The number of aromatic nitrogens is 2. The zero-order chi connectivity index (χ0) is 16.2. The highest BCUT2D eigenvalue weighted by atomic mass is 35.5. The van der Waals surface area contributed by atoms with E-state index in [0.717, 1.165) is 16.5 Å². The predicted molar refractivity (Wildman–Crippen MR) is 92.7 cm³/mol. The molecule has 0 fully saturated rings. The fraction of sp³-hybridized carbons (Fsp3) is 0.176. The summed E-state index contributed by atoms with van der Waals surface area (Å²) in [5.41, 5.74) is 1.99. The summed E-state index contributed by atoms with van der Waals surface area (Å²) in [7, 11) is 0. The summed E-state index contributed by atoms with van der Waals surface area (Å²) in [5, 5.41) is 9.53. The Hall–Kier alpha value is -2.04. The molecular weight excluding hydrogens is 333 g/mol. The molecule has 0 spiro atoms. The van der Waals surface area contributed by atoms with Gasteiger partial charge in [-0.2, -0.15) is 5.10 Å². The second kappa shape index (κ2) is 7.02. The molecule has 0 atom stereocenters. The van der Waals surface area contributed by atoms with Gasteiger partial charge in [-0.1, -0.05) is 35.3 Å². The Morgan fingerprint density at radius 2 is 1.83 bits per heavy atom. The van der Waals surface area contributed by atoms with Crippen molar-refractivity contribution < 1.29 is 4.79 Å². The summed E-state index contributed by atoms with van der Waals surface area (Å²) in [5.74, 6) is -0.0161. The van der Waals surface area contributed by atoms with Crippen molar-refractivity contribution in [1.82, 2.24) is 15.1 Å². The molecule has 1 N–H and O–H groups in total. The van der Waals surface area contributed by atoms with Crippen LogP contribution in [0, 0.1) is 0 Å². The van der Waals surface area contributed by atoms with Crippen LogP contribution in [0.3, 0.4) is 0 Å². The third-order valence-electron chi connectivity index (χ3n) is 3.56. The van der Waals surface area contributed by atoms with Gasteiger partial charge in [0.2, 0.25) is 5.91 Å². The number of hydrogen-bond acceptors (Lipinski definition) is 2. The summed E-state index contributed by atoms with van der Waals surface area (Å²) < 4.78 is 1.81. The van der Waals surface area contributed by atoms with E-state index < -0.39 is 0 Å². The van der Waals surface area contributed by atoms with Crippen LogP contribution < -0.4 is 5.32 Å². The lowest BCUT2D eigenvalue weighted by atomic mass is 10.2. The molecule has 0 aliphatic carbocycles. The smallest absolute Gasteiger partial charge is 0.222 e. The van der Waals surface area contributed by atoms with E-state index in [4.69, 9.17) is 23.2 Å². The number of fused-ring (bicyclic) bond motifs is 1. The standard InChI is InChI=1S/C17H15Cl2N3O/c18-14-3-1-12(2-4-14)10-20-17(23)7-8-22-16-6-5-15(19)9-13(16)11-21-22/h1-6,9,11H,7-8,10H2,(H,20,23). The number of amides is 1. The van der Waals surface area contributed by atoms with Gasteiger partial charge in [-0.3, -0.25) is 9.48 Å². The second-order valence-electron chi connectivity index (χ2n) is 5.22.